The monoisotopic (exact) mass is 470 g/mol. The second-order valence-electron chi connectivity index (χ2n) is 8.85. The van der Waals surface area contributed by atoms with Gasteiger partial charge in [0.15, 0.2) is 0 Å². The maximum absolute atomic E-state index is 12.6. The second-order valence-corrected chi connectivity index (χ2v) is 11.0. The number of nitrogens with zero attached hydrogens (tertiary/aromatic N) is 1. The minimum Gasteiger partial charge on any atom is -0.384 e. The van der Waals surface area contributed by atoms with Crippen molar-refractivity contribution in [1.82, 2.24) is 9.62 Å². The Hall–Kier alpha value is -1.39. The number of hydrogen-bond donors (Lipinski definition) is 3. The van der Waals surface area contributed by atoms with Crippen LogP contribution in [0.1, 0.15) is 19.3 Å². The van der Waals surface area contributed by atoms with Gasteiger partial charge in [-0.25, -0.2) is 13.1 Å². The van der Waals surface area contributed by atoms with Gasteiger partial charge < -0.3 is 20.7 Å². The fourth-order valence-corrected chi connectivity index (χ4v) is 6.19. The average Bonchev–Trinajstić information content (AvgIpc) is 3.16. The molecular formula is C21H31ClN4O4S. The number of rotatable bonds is 10. The lowest BCUT2D eigenvalue weighted by molar-refractivity contribution is -0.123. The number of piperidine rings is 1. The molecule has 0 aromatic heterocycles. The number of nitrogens with two attached hydrogens (primary N) is 1. The van der Waals surface area contributed by atoms with E-state index in [1.165, 1.54) is 6.07 Å². The van der Waals surface area contributed by atoms with E-state index < -0.39 is 10.0 Å². The summed E-state index contributed by atoms with van der Waals surface area (Å²) in [6.07, 6.45) is 2.43. The Morgan fingerprint density at radius 1 is 1.29 bits per heavy atom. The van der Waals surface area contributed by atoms with Gasteiger partial charge in [-0.3, -0.25) is 4.79 Å². The standard InChI is InChI=1S/C21H31ClN4O4S/c22-19-9-15(4-5-20(19)24-10-16-17-12-30-13-18(16)17)31(28,29)25-6-2-8-26-7-1-3-14(11-26)21(23)27/h4-5,9,14,16-18,24-25H,1-3,6-8,10-13H2,(H2,23,27). The summed E-state index contributed by atoms with van der Waals surface area (Å²) in [5, 5.41) is 3.74. The molecule has 4 rings (SSSR count). The van der Waals surface area contributed by atoms with Crippen molar-refractivity contribution in [2.24, 2.45) is 29.4 Å². The summed E-state index contributed by atoms with van der Waals surface area (Å²) < 4.78 is 33.3. The molecule has 3 fully saturated rings. The summed E-state index contributed by atoms with van der Waals surface area (Å²) >= 11 is 6.34. The predicted molar refractivity (Wildman–Crippen MR) is 119 cm³/mol. The van der Waals surface area contributed by atoms with Crippen molar-refractivity contribution in [3.8, 4) is 0 Å². The maximum atomic E-state index is 12.6. The number of ether oxygens (including phenoxy) is 1. The quantitative estimate of drug-likeness (QED) is 0.447. The molecule has 1 amide bonds. The van der Waals surface area contributed by atoms with Gasteiger partial charge in [0.2, 0.25) is 15.9 Å². The number of likely N-dealkylation sites (tertiary alicyclic amines) is 1. The molecule has 1 aromatic rings. The molecule has 172 valence electrons. The van der Waals surface area contributed by atoms with Crippen molar-refractivity contribution in [3.05, 3.63) is 23.2 Å². The van der Waals surface area contributed by atoms with Gasteiger partial charge in [0.05, 0.1) is 34.7 Å². The van der Waals surface area contributed by atoms with Gasteiger partial charge in [-0.2, -0.15) is 0 Å². The van der Waals surface area contributed by atoms with Gasteiger partial charge in [0, 0.05) is 19.6 Å². The summed E-state index contributed by atoms with van der Waals surface area (Å²) in [7, 11) is -3.63. The Balaban J connectivity index is 1.22. The van der Waals surface area contributed by atoms with E-state index in [4.69, 9.17) is 22.1 Å². The van der Waals surface area contributed by atoms with E-state index in [-0.39, 0.29) is 16.7 Å². The first-order chi connectivity index (χ1) is 14.8. The number of amides is 1. The first-order valence-electron chi connectivity index (χ1n) is 11.0. The summed E-state index contributed by atoms with van der Waals surface area (Å²) in [6.45, 7) is 5.13. The Morgan fingerprint density at radius 2 is 2.06 bits per heavy atom. The van der Waals surface area contributed by atoms with Crippen molar-refractivity contribution in [2.75, 3.05) is 51.3 Å². The molecular weight excluding hydrogens is 440 g/mol. The number of anilines is 1. The van der Waals surface area contributed by atoms with Crippen LogP contribution in [0, 0.1) is 23.7 Å². The van der Waals surface area contributed by atoms with Crippen LogP contribution < -0.4 is 15.8 Å². The molecule has 1 aromatic carbocycles. The number of carbonyl (C=O) groups is 1. The third-order valence-corrected chi connectivity index (χ3v) is 8.53. The molecule has 2 saturated heterocycles. The average molecular weight is 471 g/mol. The van der Waals surface area contributed by atoms with Gasteiger partial charge in [-0.15, -0.1) is 0 Å². The second kappa shape index (κ2) is 9.62. The molecule has 2 aliphatic heterocycles. The van der Waals surface area contributed by atoms with Crippen LogP contribution in [0.2, 0.25) is 5.02 Å². The predicted octanol–water partition coefficient (Wildman–Crippen LogP) is 1.51. The van der Waals surface area contributed by atoms with E-state index in [0.29, 0.717) is 42.3 Å². The molecule has 4 N–H and O–H groups in total. The van der Waals surface area contributed by atoms with E-state index in [9.17, 15) is 13.2 Å². The Labute approximate surface area is 188 Å². The van der Waals surface area contributed by atoms with E-state index in [1.807, 2.05) is 0 Å². The number of sulfonamides is 1. The number of primary amides is 1. The summed E-state index contributed by atoms with van der Waals surface area (Å²) in [5.41, 5.74) is 6.16. The van der Waals surface area contributed by atoms with E-state index in [1.54, 1.807) is 12.1 Å². The lowest BCUT2D eigenvalue weighted by Gasteiger charge is -2.31. The van der Waals surface area contributed by atoms with Gasteiger partial charge >= 0.3 is 0 Å². The molecule has 0 spiro atoms. The van der Waals surface area contributed by atoms with Crippen LogP contribution in [0.3, 0.4) is 0 Å². The molecule has 3 aliphatic rings. The largest absolute Gasteiger partial charge is 0.384 e. The van der Waals surface area contributed by atoms with Gasteiger partial charge in [0.1, 0.15) is 0 Å². The fourth-order valence-electron chi connectivity index (χ4n) is 4.78. The molecule has 0 bridgehead atoms. The van der Waals surface area contributed by atoms with Crippen molar-refractivity contribution < 1.29 is 17.9 Å². The molecule has 3 unspecified atom stereocenters. The van der Waals surface area contributed by atoms with Crippen molar-refractivity contribution in [2.45, 2.75) is 24.2 Å². The molecule has 8 nitrogen and oxygen atoms in total. The molecule has 1 aliphatic carbocycles. The Kier molecular flexibility index (Phi) is 7.07. The minimum atomic E-state index is -3.63. The maximum Gasteiger partial charge on any atom is 0.240 e. The molecule has 1 saturated carbocycles. The topological polar surface area (TPSA) is 114 Å². The highest BCUT2D eigenvalue weighted by molar-refractivity contribution is 7.89. The molecule has 2 heterocycles. The zero-order valence-corrected chi connectivity index (χ0v) is 19.1. The highest BCUT2D eigenvalue weighted by Gasteiger charge is 2.53. The fraction of sp³-hybridized carbons (Fsp3) is 0.667. The zero-order valence-electron chi connectivity index (χ0n) is 17.6. The molecule has 10 heteroatoms. The number of fused-ring (bicyclic) bond motifs is 1. The van der Waals surface area contributed by atoms with E-state index >= 15 is 0 Å². The number of benzene rings is 1. The number of hydrogen-bond acceptors (Lipinski definition) is 6. The Morgan fingerprint density at radius 3 is 2.77 bits per heavy atom. The van der Waals surface area contributed by atoms with Crippen LogP contribution in [-0.4, -0.2) is 65.2 Å². The third-order valence-electron chi connectivity index (χ3n) is 6.76. The third kappa shape index (κ3) is 5.51. The lowest BCUT2D eigenvalue weighted by Crippen LogP contribution is -2.42. The number of carbonyl (C=O) groups excluding carboxylic acids is 1. The van der Waals surface area contributed by atoms with Crippen molar-refractivity contribution >= 4 is 33.2 Å². The first kappa shape index (κ1) is 22.8. The van der Waals surface area contributed by atoms with Gasteiger partial charge in [-0.05, 0) is 68.3 Å². The number of halogens is 1. The van der Waals surface area contributed by atoms with E-state index in [2.05, 4.69) is 14.9 Å². The normalized spacial score (nSPS) is 28.3. The molecule has 3 atom stereocenters. The smallest absolute Gasteiger partial charge is 0.240 e. The van der Waals surface area contributed by atoms with Crippen LogP contribution in [0.25, 0.3) is 0 Å². The van der Waals surface area contributed by atoms with Crippen LogP contribution >= 0.6 is 11.6 Å². The summed E-state index contributed by atoms with van der Waals surface area (Å²) in [6, 6.07) is 4.80. The van der Waals surface area contributed by atoms with Crippen LogP contribution in [-0.2, 0) is 19.6 Å². The van der Waals surface area contributed by atoms with Crippen molar-refractivity contribution in [3.63, 3.8) is 0 Å². The Bertz CT molecular complexity index is 903. The van der Waals surface area contributed by atoms with Gasteiger partial charge in [0.25, 0.3) is 0 Å². The SMILES string of the molecule is NC(=O)C1CCCN(CCCNS(=O)(=O)c2ccc(NCC3C4COCC34)c(Cl)c2)C1. The van der Waals surface area contributed by atoms with Crippen LogP contribution in [0.15, 0.2) is 23.1 Å². The highest BCUT2D eigenvalue weighted by atomic mass is 35.5. The lowest BCUT2D eigenvalue weighted by atomic mass is 9.97. The number of nitrogens with one attached hydrogen (secondary N) is 2. The van der Waals surface area contributed by atoms with E-state index in [0.717, 1.165) is 51.4 Å². The zero-order chi connectivity index (χ0) is 22.0. The highest BCUT2D eigenvalue weighted by Crippen LogP contribution is 2.50. The summed E-state index contributed by atoms with van der Waals surface area (Å²) in [4.78, 5) is 13.7. The molecule has 31 heavy (non-hydrogen) atoms. The van der Waals surface area contributed by atoms with Gasteiger partial charge in [-0.1, -0.05) is 11.6 Å². The minimum absolute atomic E-state index is 0.104. The van der Waals surface area contributed by atoms with Crippen LogP contribution in [0.5, 0.6) is 0 Å². The summed E-state index contributed by atoms with van der Waals surface area (Å²) in [5.74, 6) is 1.57. The van der Waals surface area contributed by atoms with Crippen LogP contribution in [0.4, 0.5) is 5.69 Å². The van der Waals surface area contributed by atoms with Crippen molar-refractivity contribution in [1.29, 1.82) is 0 Å². The first-order valence-corrected chi connectivity index (χ1v) is 12.8. The molecule has 0 radical (unpaired) electrons.